The summed E-state index contributed by atoms with van der Waals surface area (Å²) in [6.45, 7) is 0. The van der Waals surface area contributed by atoms with Gasteiger partial charge in [-0.2, -0.15) is 0 Å². The molecule has 10 rings (SSSR count). The Morgan fingerprint density at radius 2 is 0.640 bits per heavy atom. The van der Waals surface area contributed by atoms with Gasteiger partial charge in [-0.25, -0.2) is 0 Å². The average molecular weight is 633 g/mol. The third-order valence-corrected chi connectivity index (χ3v) is 10.4. The fourth-order valence-corrected chi connectivity index (χ4v) is 7.98. The Morgan fingerprint density at radius 3 is 1.26 bits per heavy atom. The van der Waals surface area contributed by atoms with E-state index in [2.05, 4.69) is 194 Å². The van der Waals surface area contributed by atoms with Gasteiger partial charge in [0.25, 0.3) is 0 Å². The third kappa shape index (κ3) is 4.69. The van der Waals surface area contributed by atoms with Crippen molar-refractivity contribution in [1.29, 1.82) is 0 Å². The normalized spacial score (nSPS) is 11.6. The van der Waals surface area contributed by atoms with Crippen molar-refractivity contribution >= 4 is 53.9 Å². The Hall–Kier alpha value is -6.50. The van der Waals surface area contributed by atoms with Crippen molar-refractivity contribution in [2.75, 3.05) is 0 Å². The summed E-state index contributed by atoms with van der Waals surface area (Å²) < 4.78 is 0. The maximum Gasteiger partial charge on any atom is -0.00259 e. The van der Waals surface area contributed by atoms with Crippen molar-refractivity contribution in [3.63, 3.8) is 0 Å². The largest absolute Gasteiger partial charge is 0.0616 e. The minimum absolute atomic E-state index is 1.22. The van der Waals surface area contributed by atoms with Crippen molar-refractivity contribution in [2.45, 2.75) is 0 Å². The minimum Gasteiger partial charge on any atom is -0.0616 e. The van der Waals surface area contributed by atoms with Crippen LogP contribution in [0, 0.1) is 0 Å². The summed E-state index contributed by atoms with van der Waals surface area (Å²) in [6.07, 6.45) is 0. The molecular formula is C50H32. The molecule has 0 heteroatoms. The van der Waals surface area contributed by atoms with E-state index >= 15 is 0 Å². The van der Waals surface area contributed by atoms with E-state index in [-0.39, 0.29) is 0 Å². The van der Waals surface area contributed by atoms with Crippen molar-refractivity contribution in [3.05, 3.63) is 194 Å². The van der Waals surface area contributed by atoms with Gasteiger partial charge >= 0.3 is 0 Å². The highest BCUT2D eigenvalue weighted by Gasteiger charge is 2.15. The minimum atomic E-state index is 1.22. The van der Waals surface area contributed by atoms with Crippen LogP contribution in [0.25, 0.3) is 98.4 Å². The van der Waals surface area contributed by atoms with E-state index in [4.69, 9.17) is 0 Å². The van der Waals surface area contributed by atoms with Gasteiger partial charge in [0.05, 0.1) is 0 Å². The summed E-state index contributed by atoms with van der Waals surface area (Å²) in [5.41, 5.74) is 9.92. The van der Waals surface area contributed by atoms with Crippen molar-refractivity contribution in [2.24, 2.45) is 0 Å². The predicted molar refractivity (Wildman–Crippen MR) is 216 cm³/mol. The first-order chi connectivity index (χ1) is 24.8. The maximum absolute atomic E-state index is 2.41. The van der Waals surface area contributed by atoms with Crippen LogP contribution in [0.5, 0.6) is 0 Å². The second kappa shape index (κ2) is 11.6. The molecule has 0 spiro atoms. The molecule has 50 heavy (non-hydrogen) atoms. The number of fused-ring (bicyclic) bond motifs is 7. The highest BCUT2D eigenvalue weighted by Crippen LogP contribution is 2.42. The SMILES string of the molecule is c1ccc2cc(-c3ccc(-c4cc5cc(-c6ccc(-c7cccc8ccccc78)cc6)c6ccccc6c5c5ccccc45)cc3)ccc2c1. The molecule has 232 valence electrons. The van der Waals surface area contributed by atoms with Gasteiger partial charge in [0.1, 0.15) is 0 Å². The molecule has 0 radical (unpaired) electrons. The summed E-state index contributed by atoms with van der Waals surface area (Å²) in [7, 11) is 0. The topological polar surface area (TPSA) is 0 Å². The molecule has 0 bridgehead atoms. The lowest BCUT2D eigenvalue weighted by Crippen LogP contribution is -1.89. The molecule has 10 aromatic rings. The van der Waals surface area contributed by atoms with Gasteiger partial charge in [-0.3, -0.25) is 0 Å². The number of hydrogen-bond acceptors (Lipinski definition) is 0. The molecule has 0 saturated carbocycles. The van der Waals surface area contributed by atoms with Gasteiger partial charge in [-0.05, 0) is 117 Å². The molecule has 0 saturated heterocycles. The molecule has 0 nitrogen and oxygen atoms in total. The van der Waals surface area contributed by atoms with E-state index in [1.54, 1.807) is 0 Å². The molecular weight excluding hydrogens is 601 g/mol. The standard InChI is InChI=1S/C50H32/c1-2-12-39-30-40(29-22-33(39)10-1)34-20-23-37(24-21-34)48-31-41-32-49(45-16-6-8-18-47(45)50(41)46-17-7-5-15-44(46)48)38-27-25-36(26-28-38)43-19-9-13-35-11-3-4-14-42(35)43/h1-32H. The molecule has 10 aromatic carbocycles. The van der Waals surface area contributed by atoms with Gasteiger partial charge in [-0.1, -0.05) is 176 Å². The first kappa shape index (κ1) is 28.5. The van der Waals surface area contributed by atoms with E-state index in [0.717, 1.165) is 0 Å². The number of benzene rings is 10. The first-order valence-corrected chi connectivity index (χ1v) is 17.3. The zero-order chi connectivity index (χ0) is 33.0. The van der Waals surface area contributed by atoms with Crippen LogP contribution in [0.3, 0.4) is 0 Å². The summed E-state index contributed by atoms with van der Waals surface area (Å²) >= 11 is 0. The molecule has 0 atom stereocenters. The van der Waals surface area contributed by atoms with E-state index in [9.17, 15) is 0 Å². The zero-order valence-electron chi connectivity index (χ0n) is 27.5. The lowest BCUT2D eigenvalue weighted by Gasteiger charge is -2.16. The second-order valence-corrected chi connectivity index (χ2v) is 13.3. The summed E-state index contributed by atoms with van der Waals surface area (Å²) in [5.74, 6) is 0. The second-order valence-electron chi connectivity index (χ2n) is 13.3. The van der Waals surface area contributed by atoms with Crippen LogP contribution in [0.15, 0.2) is 194 Å². The van der Waals surface area contributed by atoms with E-state index in [1.807, 2.05) is 0 Å². The average Bonchev–Trinajstić information content (AvgIpc) is 3.20. The fraction of sp³-hybridized carbons (Fsp3) is 0. The van der Waals surface area contributed by atoms with E-state index < -0.39 is 0 Å². The molecule has 0 aromatic heterocycles. The monoisotopic (exact) mass is 632 g/mol. The first-order valence-electron chi connectivity index (χ1n) is 17.3. The number of hydrogen-bond donors (Lipinski definition) is 0. The lowest BCUT2D eigenvalue weighted by molar-refractivity contribution is 1.62. The summed E-state index contributed by atoms with van der Waals surface area (Å²) in [6, 6.07) is 71.3. The Morgan fingerprint density at radius 1 is 0.200 bits per heavy atom. The van der Waals surface area contributed by atoms with Crippen LogP contribution in [-0.2, 0) is 0 Å². The molecule has 0 aliphatic heterocycles. The summed E-state index contributed by atoms with van der Waals surface area (Å²) in [4.78, 5) is 0. The highest BCUT2D eigenvalue weighted by molar-refractivity contribution is 6.25. The molecule has 0 aliphatic carbocycles. The Bertz CT molecular complexity index is 2890. The molecule has 0 aliphatic rings. The van der Waals surface area contributed by atoms with E-state index in [1.165, 1.54) is 98.4 Å². The van der Waals surface area contributed by atoms with Gasteiger partial charge in [0, 0.05) is 0 Å². The van der Waals surface area contributed by atoms with Gasteiger partial charge in [0.15, 0.2) is 0 Å². The Balaban J connectivity index is 1.12. The lowest BCUT2D eigenvalue weighted by atomic mass is 9.87. The molecule has 0 heterocycles. The maximum atomic E-state index is 2.41. The van der Waals surface area contributed by atoms with Crippen molar-refractivity contribution < 1.29 is 0 Å². The fourth-order valence-electron chi connectivity index (χ4n) is 7.98. The Kier molecular flexibility index (Phi) is 6.60. The Labute approximate surface area is 291 Å². The van der Waals surface area contributed by atoms with E-state index in [0.29, 0.717) is 0 Å². The van der Waals surface area contributed by atoms with Crippen LogP contribution in [0.1, 0.15) is 0 Å². The van der Waals surface area contributed by atoms with Crippen LogP contribution >= 0.6 is 0 Å². The quantitative estimate of drug-likeness (QED) is 0.169. The van der Waals surface area contributed by atoms with Crippen LogP contribution in [0.2, 0.25) is 0 Å². The molecule has 0 fully saturated rings. The van der Waals surface area contributed by atoms with Gasteiger partial charge < -0.3 is 0 Å². The van der Waals surface area contributed by atoms with Crippen molar-refractivity contribution in [3.8, 4) is 44.5 Å². The molecule has 0 unspecified atom stereocenters. The zero-order valence-corrected chi connectivity index (χ0v) is 27.5. The third-order valence-electron chi connectivity index (χ3n) is 10.4. The molecule has 0 N–H and O–H groups in total. The van der Waals surface area contributed by atoms with Gasteiger partial charge in [0.2, 0.25) is 0 Å². The smallest absolute Gasteiger partial charge is 0.00259 e. The van der Waals surface area contributed by atoms with Crippen LogP contribution in [0.4, 0.5) is 0 Å². The predicted octanol–water partition coefficient (Wildman–Crippen LogP) is 14.1. The highest BCUT2D eigenvalue weighted by atomic mass is 14.2. The van der Waals surface area contributed by atoms with Crippen LogP contribution in [-0.4, -0.2) is 0 Å². The van der Waals surface area contributed by atoms with Gasteiger partial charge in [-0.15, -0.1) is 0 Å². The molecule has 0 amide bonds. The summed E-state index contributed by atoms with van der Waals surface area (Å²) in [5, 5.41) is 12.8. The van der Waals surface area contributed by atoms with Crippen molar-refractivity contribution in [1.82, 2.24) is 0 Å². The number of rotatable bonds is 4. The van der Waals surface area contributed by atoms with Crippen LogP contribution < -0.4 is 0 Å².